The quantitative estimate of drug-likeness (QED) is 0.916. The van der Waals surface area contributed by atoms with E-state index in [1.165, 1.54) is 29.5 Å². The van der Waals surface area contributed by atoms with Gasteiger partial charge < -0.3 is 4.74 Å². The molecular weight excluding hydrogens is 328 g/mol. The van der Waals surface area contributed by atoms with Gasteiger partial charge in [-0.2, -0.15) is 10.1 Å². The molecule has 26 heavy (non-hydrogen) atoms. The molecule has 0 bridgehead atoms. The van der Waals surface area contributed by atoms with E-state index in [9.17, 15) is 4.79 Å². The van der Waals surface area contributed by atoms with Crippen LogP contribution in [0.3, 0.4) is 0 Å². The zero-order valence-corrected chi connectivity index (χ0v) is 15.5. The number of hydrogen-bond donors (Lipinski definition) is 1. The Morgan fingerprint density at radius 3 is 2.65 bits per heavy atom. The molecule has 1 aromatic carbocycles. The van der Waals surface area contributed by atoms with Gasteiger partial charge in [0.1, 0.15) is 0 Å². The molecule has 6 nitrogen and oxygen atoms in total. The molecular formula is C20H24N4O2. The van der Waals surface area contributed by atoms with Gasteiger partial charge in [0.05, 0.1) is 0 Å². The van der Waals surface area contributed by atoms with Gasteiger partial charge in [-0.15, -0.1) is 5.10 Å². The number of aryl methyl sites for hydroxylation is 1. The van der Waals surface area contributed by atoms with Gasteiger partial charge in [0.25, 0.3) is 5.90 Å². The summed E-state index contributed by atoms with van der Waals surface area (Å²) in [5.74, 6) is 0.736. The number of nitrogens with one attached hydrogen (secondary N) is 1. The Bertz CT molecular complexity index is 851. The second-order valence-electron chi connectivity index (χ2n) is 7.30. The molecule has 1 aliphatic heterocycles. The van der Waals surface area contributed by atoms with E-state index in [2.05, 4.69) is 41.3 Å². The zero-order chi connectivity index (χ0) is 18.3. The molecule has 2 aromatic rings. The standard InChI is InChI=1S/C20H24N4O2/c1-12(2)14-8-10-15(11-9-14)20-24(13(3)25)23-19(26-20)18-16-6-4-5-7-17(16)21-22-18/h8-12,20H,4-7H2,1-3H3,(H,21,22)/t20-/m1/s1. The number of aromatic amines is 1. The highest BCUT2D eigenvalue weighted by molar-refractivity contribution is 5.96. The Balaban J connectivity index is 1.64. The van der Waals surface area contributed by atoms with Gasteiger partial charge >= 0.3 is 0 Å². The molecule has 2 heterocycles. The Morgan fingerprint density at radius 1 is 1.23 bits per heavy atom. The first-order chi connectivity index (χ1) is 12.5. The molecule has 0 saturated heterocycles. The van der Waals surface area contributed by atoms with Crippen molar-refractivity contribution in [3.05, 3.63) is 52.3 Å². The highest BCUT2D eigenvalue weighted by Crippen LogP contribution is 2.33. The number of hydrogen-bond acceptors (Lipinski definition) is 4. The minimum Gasteiger partial charge on any atom is -0.445 e. The summed E-state index contributed by atoms with van der Waals surface area (Å²) in [6.45, 7) is 5.82. The first kappa shape index (κ1) is 16.8. The van der Waals surface area contributed by atoms with E-state index in [0.717, 1.165) is 36.2 Å². The lowest BCUT2D eigenvalue weighted by Crippen LogP contribution is -2.25. The van der Waals surface area contributed by atoms with Crippen molar-refractivity contribution in [1.29, 1.82) is 0 Å². The summed E-state index contributed by atoms with van der Waals surface area (Å²) in [5.41, 5.74) is 5.25. The average Bonchev–Trinajstić information content (AvgIpc) is 3.26. The fraction of sp³-hybridized carbons (Fsp3) is 0.450. The summed E-state index contributed by atoms with van der Waals surface area (Å²) in [6, 6.07) is 8.18. The topological polar surface area (TPSA) is 70.6 Å². The number of ether oxygens (including phenoxy) is 1. The number of fused-ring (bicyclic) bond motifs is 1. The van der Waals surface area contributed by atoms with Crippen LogP contribution in [0.4, 0.5) is 0 Å². The van der Waals surface area contributed by atoms with Gasteiger partial charge in [-0.05, 0) is 37.2 Å². The molecule has 0 saturated carbocycles. The molecule has 4 rings (SSSR count). The molecule has 0 unspecified atom stereocenters. The first-order valence-electron chi connectivity index (χ1n) is 9.26. The van der Waals surface area contributed by atoms with Crippen molar-refractivity contribution in [3.8, 4) is 0 Å². The van der Waals surface area contributed by atoms with Crippen molar-refractivity contribution < 1.29 is 9.53 Å². The largest absolute Gasteiger partial charge is 0.445 e. The molecule has 1 atom stereocenters. The van der Waals surface area contributed by atoms with E-state index in [-0.39, 0.29) is 5.91 Å². The molecule has 1 amide bonds. The Kier molecular flexibility index (Phi) is 4.26. The average molecular weight is 352 g/mol. The highest BCUT2D eigenvalue weighted by atomic mass is 16.5. The van der Waals surface area contributed by atoms with Crippen molar-refractivity contribution in [2.45, 2.75) is 58.6 Å². The third kappa shape index (κ3) is 2.89. The van der Waals surface area contributed by atoms with E-state index in [0.29, 0.717) is 11.8 Å². The Morgan fingerprint density at radius 2 is 1.96 bits per heavy atom. The van der Waals surface area contributed by atoms with Crippen LogP contribution in [-0.2, 0) is 22.4 Å². The van der Waals surface area contributed by atoms with E-state index in [1.54, 1.807) is 0 Å². The van der Waals surface area contributed by atoms with Gasteiger partial charge in [0.15, 0.2) is 5.69 Å². The maximum atomic E-state index is 12.1. The molecule has 0 radical (unpaired) electrons. The molecule has 1 N–H and O–H groups in total. The molecule has 0 spiro atoms. The lowest BCUT2D eigenvalue weighted by Gasteiger charge is -2.19. The van der Waals surface area contributed by atoms with Crippen LogP contribution >= 0.6 is 0 Å². The summed E-state index contributed by atoms with van der Waals surface area (Å²) in [7, 11) is 0. The van der Waals surface area contributed by atoms with Crippen molar-refractivity contribution in [3.63, 3.8) is 0 Å². The van der Waals surface area contributed by atoms with E-state index in [1.807, 2.05) is 12.1 Å². The van der Waals surface area contributed by atoms with Crippen LogP contribution in [0, 0.1) is 0 Å². The van der Waals surface area contributed by atoms with Gasteiger partial charge in [-0.1, -0.05) is 38.1 Å². The van der Waals surface area contributed by atoms with Crippen LogP contribution in [0.1, 0.15) is 73.8 Å². The minimum atomic E-state index is -0.542. The number of amides is 1. The molecule has 6 heteroatoms. The molecule has 0 fully saturated rings. The smallest absolute Gasteiger partial charge is 0.262 e. The third-order valence-corrected chi connectivity index (χ3v) is 5.11. The summed E-state index contributed by atoms with van der Waals surface area (Å²) in [4.78, 5) is 12.1. The fourth-order valence-corrected chi connectivity index (χ4v) is 3.58. The number of carbonyl (C=O) groups excluding carboxylic acids is 1. The van der Waals surface area contributed by atoms with Crippen LogP contribution in [0.25, 0.3) is 0 Å². The minimum absolute atomic E-state index is 0.151. The van der Waals surface area contributed by atoms with Crippen LogP contribution in [0.15, 0.2) is 29.4 Å². The second-order valence-corrected chi connectivity index (χ2v) is 7.30. The Hall–Kier alpha value is -2.63. The summed E-state index contributed by atoms with van der Waals surface area (Å²) in [6.07, 6.45) is 3.75. The number of hydrazone groups is 1. The van der Waals surface area contributed by atoms with E-state index < -0.39 is 6.23 Å². The predicted molar refractivity (Wildman–Crippen MR) is 98.6 cm³/mol. The van der Waals surface area contributed by atoms with Gasteiger partial charge in [0.2, 0.25) is 12.1 Å². The van der Waals surface area contributed by atoms with Crippen LogP contribution in [-0.4, -0.2) is 27.0 Å². The van der Waals surface area contributed by atoms with Crippen LogP contribution in [0.5, 0.6) is 0 Å². The fourth-order valence-electron chi connectivity index (χ4n) is 3.58. The molecule has 1 aliphatic carbocycles. The SMILES string of the molecule is CC(=O)N1N=C(c2n[nH]c3c2CCCC3)O[C@@H]1c1ccc(C(C)C)cc1. The van der Waals surface area contributed by atoms with Gasteiger partial charge in [-0.3, -0.25) is 9.89 Å². The maximum absolute atomic E-state index is 12.1. The zero-order valence-electron chi connectivity index (χ0n) is 15.5. The number of nitrogens with zero attached hydrogens (tertiary/aromatic N) is 3. The lowest BCUT2D eigenvalue weighted by molar-refractivity contribution is -0.135. The molecule has 2 aliphatic rings. The molecule has 1 aromatic heterocycles. The number of benzene rings is 1. The first-order valence-corrected chi connectivity index (χ1v) is 9.26. The van der Waals surface area contributed by atoms with Crippen molar-refractivity contribution in [2.75, 3.05) is 0 Å². The summed E-state index contributed by atoms with van der Waals surface area (Å²) in [5, 5.41) is 13.4. The molecule has 136 valence electrons. The summed E-state index contributed by atoms with van der Waals surface area (Å²) >= 11 is 0. The van der Waals surface area contributed by atoms with E-state index in [4.69, 9.17) is 4.74 Å². The second kappa shape index (κ2) is 6.59. The third-order valence-electron chi connectivity index (χ3n) is 5.11. The summed E-state index contributed by atoms with van der Waals surface area (Å²) < 4.78 is 6.10. The van der Waals surface area contributed by atoms with Gasteiger partial charge in [-0.25, -0.2) is 0 Å². The van der Waals surface area contributed by atoms with Gasteiger partial charge in [0, 0.05) is 23.7 Å². The number of carbonyl (C=O) groups is 1. The lowest BCUT2D eigenvalue weighted by atomic mass is 9.96. The maximum Gasteiger partial charge on any atom is 0.262 e. The highest BCUT2D eigenvalue weighted by Gasteiger charge is 2.35. The van der Waals surface area contributed by atoms with E-state index >= 15 is 0 Å². The van der Waals surface area contributed by atoms with Crippen molar-refractivity contribution >= 4 is 11.8 Å². The van der Waals surface area contributed by atoms with Crippen molar-refractivity contribution in [2.24, 2.45) is 5.10 Å². The number of aromatic nitrogens is 2. The predicted octanol–water partition coefficient (Wildman–Crippen LogP) is 3.65. The van der Waals surface area contributed by atoms with Crippen LogP contribution < -0.4 is 0 Å². The normalized spacial score (nSPS) is 19.3. The van der Waals surface area contributed by atoms with Crippen molar-refractivity contribution in [1.82, 2.24) is 15.2 Å². The van der Waals surface area contributed by atoms with Crippen LogP contribution in [0.2, 0.25) is 0 Å². The monoisotopic (exact) mass is 352 g/mol. The Labute approximate surface area is 153 Å². The number of H-pyrrole nitrogens is 1. The number of rotatable bonds is 3.